The fraction of sp³-hybridized carbons (Fsp3) is 0.818. The Morgan fingerprint density at radius 2 is 2.25 bits per heavy atom. The van der Waals surface area contributed by atoms with Crippen LogP contribution in [0.2, 0.25) is 0 Å². The van der Waals surface area contributed by atoms with Crippen LogP contribution in [-0.4, -0.2) is 46.0 Å². The Hall–Kier alpha value is -0.710. The monoisotopic (exact) mass is 245 g/mol. The number of nitrogens with zero attached hydrogens (tertiary/aromatic N) is 1. The molecule has 0 aromatic carbocycles. The SMILES string of the molecule is CCCCSCC(=O)N1CCCC1C(=O)O. The predicted molar refractivity (Wildman–Crippen MR) is 64.6 cm³/mol. The molecule has 0 aliphatic carbocycles. The summed E-state index contributed by atoms with van der Waals surface area (Å²) in [5.74, 6) is 0.507. The number of unbranched alkanes of at least 4 members (excludes halogenated alkanes) is 1. The van der Waals surface area contributed by atoms with E-state index < -0.39 is 12.0 Å². The van der Waals surface area contributed by atoms with E-state index in [-0.39, 0.29) is 5.91 Å². The molecule has 0 radical (unpaired) electrons. The highest BCUT2D eigenvalue weighted by Gasteiger charge is 2.33. The van der Waals surface area contributed by atoms with E-state index in [0.29, 0.717) is 18.7 Å². The number of likely N-dealkylation sites (tertiary alicyclic amines) is 1. The average Bonchev–Trinajstić information content (AvgIpc) is 2.73. The molecular formula is C11H19NO3S. The quantitative estimate of drug-likeness (QED) is 0.722. The van der Waals surface area contributed by atoms with Crippen molar-refractivity contribution in [3.63, 3.8) is 0 Å². The number of carboxylic acid groups (broad SMARTS) is 1. The molecule has 5 heteroatoms. The molecule has 0 aromatic rings. The van der Waals surface area contributed by atoms with Gasteiger partial charge in [0, 0.05) is 6.54 Å². The average molecular weight is 245 g/mol. The predicted octanol–water partition coefficient (Wildman–Crippen LogP) is 1.60. The molecule has 0 saturated carbocycles. The molecule has 4 nitrogen and oxygen atoms in total. The minimum absolute atomic E-state index is 0.0222. The summed E-state index contributed by atoms with van der Waals surface area (Å²) >= 11 is 1.60. The molecule has 1 saturated heterocycles. The topological polar surface area (TPSA) is 57.6 Å². The second kappa shape index (κ2) is 6.78. The van der Waals surface area contributed by atoms with Crippen LogP contribution in [0.15, 0.2) is 0 Å². The van der Waals surface area contributed by atoms with E-state index in [9.17, 15) is 9.59 Å². The summed E-state index contributed by atoms with van der Waals surface area (Å²) in [6, 6.07) is -0.584. The number of carbonyl (C=O) groups is 2. The molecule has 0 bridgehead atoms. The largest absolute Gasteiger partial charge is 0.480 e. The summed E-state index contributed by atoms with van der Waals surface area (Å²) < 4.78 is 0. The zero-order valence-electron chi connectivity index (χ0n) is 9.65. The highest BCUT2D eigenvalue weighted by Crippen LogP contribution is 2.19. The summed E-state index contributed by atoms with van der Waals surface area (Å²) in [5.41, 5.74) is 0. The van der Waals surface area contributed by atoms with Crippen molar-refractivity contribution in [2.24, 2.45) is 0 Å². The first-order chi connectivity index (χ1) is 7.66. The van der Waals surface area contributed by atoms with Gasteiger partial charge in [0.1, 0.15) is 6.04 Å². The minimum atomic E-state index is -0.871. The lowest BCUT2D eigenvalue weighted by Crippen LogP contribution is -2.41. The number of rotatable bonds is 6. The molecular weight excluding hydrogens is 226 g/mol. The van der Waals surface area contributed by atoms with Crippen molar-refractivity contribution >= 4 is 23.6 Å². The van der Waals surface area contributed by atoms with E-state index >= 15 is 0 Å². The fourth-order valence-corrected chi connectivity index (χ4v) is 2.79. The van der Waals surface area contributed by atoms with Gasteiger partial charge in [0.05, 0.1) is 5.75 Å². The van der Waals surface area contributed by atoms with Crippen LogP contribution < -0.4 is 0 Å². The van der Waals surface area contributed by atoms with Gasteiger partial charge in [-0.15, -0.1) is 0 Å². The maximum atomic E-state index is 11.8. The van der Waals surface area contributed by atoms with Crippen molar-refractivity contribution in [1.82, 2.24) is 4.90 Å². The van der Waals surface area contributed by atoms with Gasteiger partial charge in [-0.05, 0) is 25.0 Å². The van der Waals surface area contributed by atoms with Gasteiger partial charge in [0.25, 0.3) is 0 Å². The summed E-state index contributed by atoms with van der Waals surface area (Å²) in [6.07, 6.45) is 3.64. The molecule has 1 unspecified atom stereocenters. The van der Waals surface area contributed by atoms with E-state index in [1.165, 1.54) is 4.90 Å². The van der Waals surface area contributed by atoms with Crippen LogP contribution in [0, 0.1) is 0 Å². The van der Waals surface area contributed by atoms with Crippen LogP contribution >= 0.6 is 11.8 Å². The van der Waals surface area contributed by atoms with E-state index in [1.54, 1.807) is 11.8 Å². The zero-order valence-corrected chi connectivity index (χ0v) is 10.5. The van der Waals surface area contributed by atoms with Gasteiger partial charge in [-0.25, -0.2) is 4.79 Å². The summed E-state index contributed by atoms with van der Waals surface area (Å²) in [5, 5.41) is 8.94. The third-order valence-corrected chi connectivity index (χ3v) is 3.75. The number of hydrogen-bond donors (Lipinski definition) is 1. The molecule has 1 fully saturated rings. The van der Waals surface area contributed by atoms with Crippen molar-refractivity contribution in [3.05, 3.63) is 0 Å². The number of amides is 1. The van der Waals surface area contributed by atoms with Crippen LogP contribution in [0.1, 0.15) is 32.6 Å². The highest BCUT2D eigenvalue weighted by atomic mass is 32.2. The van der Waals surface area contributed by atoms with Crippen LogP contribution in [0.4, 0.5) is 0 Å². The maximum Gasteiger partial charge on any atom is 0.326 e. The molecule has 1 atom stereocenters. The Morgan fingerprint density at radius 3 is 2.88 bits per heavy atom. The Kier molecular flexibility index (Phi) is 5.66. The van der Waals surface area contributed by atoms with Crippen molar-refractivity contribution in [2.45, 2.75) is 38.6 Å². The van der Waals surface area contributed by atoms with Gasteiger partial charge in [-0.3, -0.25) is 4.79 Å². The van der Waals surface area contributed by atoms with Gasteiger partial charge in [0.2, 0.25) is 5.91 Å². The minimum Gasteiger partial charge on any atom is -0.480 e. The number of carboxylic acids is 1. The van der Waals surface area contributed by atoms with Crippen LogP contribution in [0.25, 0.3) is 0 Å². The van der Waals surface area contributed by atoms with Crippen molar-refractivity contribution < 1.29 is 14.7 Å². The Labute approximate surface area is 100 Å². The molecule has 1 N–H and O–H groups in total. The lowest BCUT2D eigenvalue weighted by molar-refractivity contribution is -0.147. The second-order valence-corrected chi connectivity index (χ2v) is 5.09. The highest BCUT2D eigenvalue weighted by molar-refractivity contribution is 7.99. The number of thioether (sulfide) groups is 1. The normalized spacial score (nSPS) is 20.1. The summed E-state index contributed by atoms with van der Waals surface area (Å²) in [4.78, 5) is 24.2. The van der Waals surface area contributed by atoms with Gasteiger partial charge in [-0.1, -0.05) is 13.3 Å². The number of carbonyl (C=O) groups excluding carboxylic acids is 1. The van der Waals surface area contributed by atoms with Crippen LogP contribution in [0.5, 0.6) is 0 Å². The summed E-state index contributed by atoms with van der Waals surface area (Å²) in [7, 11) is 0. The van der Waals surface area contributed by atoms with Crippen molar-refractivity contribution in [3.8, 4) is 0 Å². The molecule has 1 amide bonds. The van der Waals surface area contributed by atoms with Crippen molar-refractivity contribution in [1.29, 1.82) is 0 Å². The molecule has 1 heterocycles. The van der Waals surface area contributed by atoms with E-state index in [4.69, 9.17) is 5.11 Å². The standard InChI is InChI=1S/C11H19NO3S/c1-2-3-7-16-8-10(13)12-6-4-5-9(12)11(14)15/h9H,2-8H2,1H3,(H,14,15). The second-order valence-electron chi connectivity index (χ2n) is 3.99. The van der Waals surface area contributed by atoms with E-state index in [1.807, 2.05) is 0 Å². The Morgan fingerprint density at radius 1 is 1.50 bits per heavy atom. The molecule has 0 spiro atoms. The maximum absolute atomic E-state index is 11.8. The van der Waals surface area contributed by atoms with Crippen molar-refractivity contribution in [2.75, 3.05) is 18.1 Å². The molecule has 1 aliphatic rings. The summed E-state index contributed by atoms with van der Waals surface area (Å²) in [6.45, 7) is 2.72. The molecule has 1 rings (SSSR count). The molecule has 0 aromatic heterocycles. The molecule has 1 aliphatic heterocycles. The van der Waals surface area contributed by atoms with Gasteiger partial charge in [0.15, 0.2) is 0 Å². The van der Waals surface area contributed by atoms with Crippen LogP contribution in [-0.2, 0) is 9.59 Å². The first-order valence-electron chi connectivity index (χ1n) is 5.76. The lowest BCUT2D eigenvalue weighted by Gasteiger charge is -2.21. The van der Waals surface area contributed by atoms with Gasteiger partial charge >= 0.3 is 5.97 Å². The number of aliphatic carboxylic acids is 1. The third-order valence-electron chi connectivity index (χ3n) is 2.73. The first kappa shape index (κ1) is 13.4. The molecule has 16 heavy (non-hydrogen) atoms. The lowest BCUT2D eigenvalue weighted by atomic mass is 10.2. The number of hydrogen-bond acceptors (Lipinski definition) is 3. The zero-order chi connectivity index (χ0) is 12.0. The molecule has 92 valence electrons. The van der Waals surface area contributed by atoms with E-state index in [2.05, 4.69) is 6.92 Å². The van der Waals surface area contributed by atoms with Crippen LogP contribution in [0.3, 0.4) is 0 Å². The van der Waals surface area contributed by atoms with Gasteiger partial charge < -0.3 is 10.0 Å². The Bertz CT molecular complexity index is 258. The fourth-order valence-electron chi connectivity index (χ4n) is 1.81. The first-order valence-corrected chi connectivity index (χ1v) is 6.92. The third kappa shape index (κ3) is 3.70. The smallest absolute Gasteiger partial charge is 0.326 e. The van der Waals surface area contributed by atoms with Gasteiger partial charge in [-0.2, -0.15) is 11.8 Å². The van der Waals surface area contributed by atoms with E-state index in [0.717, 1.165) is 25.0 Å². The Balaban J connectivity index is 2.32.